The molecule has 0 saturated carbocycles. The van der Waals surface area contributed by atoms with Crippen LogP contribution in [0.25, 0.3) is 0 Å². The Kier molecular flexibility index (Phi) is 5.27. The molecule has 0 aliphatic carbocycles. The molecule has 0 aliphatic heterocycles. The van der Waals surface area contributed by atoms with E-state index in [1.807, 2.05) is 6.92 Å². The Hall–Kier alpha value is -0.960. The highest BCUT2D eigenvalue weighted by Gasteiger charge is 2.15. The molecule has 2 atom stereocenters. The topological polar surface area (TPSA) is 12.0 Å². The maximum Gasteiger partial charge on any atom is 0.128 e. The molecule has 0 radical (unpaired) electrons. The van der Waals surface area contributed by atoms with Gasteiger partial charge in [0.05, 0.1) is 0 Å². The van der Waals surface area contributed by atoms with Gasteiger partial charge in [-0.3, -0.25) is 0 Å². The van der Waals surface area contributed by atoms with E-state index in [0.29, 0.717) is 23.0 Å². The van der Waals surface area contributed by atoms with Crippen molar-refractivity contribution in [1.82, 2.24) is 5.32 Å². The molecule has 1 aromatic rings. The summed E-state index contributed by atoms with van der Waals surface area (Å²) in [4.78, 5) is 0. The van der Waals surface area contributed by atoms with Gasteiger partial charge in [-0.25, -0.2) is 8.78 Å². The molecule has 1 nitrogen and oxygen atoms in total. The van der Waals surface area contributed by atoms with Crippen molar-refractivity contribution in [1.29, 1.82) is 0 Å². The van der Waals surface area contributed by atoms with E-state index in [4.69, 9.17) is 0 Å². The largest absolute Gasteiger partial charge is 0.310 e. The van der Waals surface area contributed by atoms with E-state index in [2.05, 4.69) is 26.1 Å². The van der Waals surface area contributed by atoms with Crippen LogP contribution in [0, 0.1) is 30.4 Å². The number of aryl methyl sites for hydroxylation is 1. The van der Waals surface area contributed by atoms with E-state index in [0.717, 1.165) is 6.54 Å². The van der Waals surface area contributed by atoms with Crippen LogP contribution in [0.1, 0.15) is 44.9 Å². The minimum Gasteiger partial charge on any atom is -0.310 e. The van der Waals surface area contributed by atoms with E-state index < -0.39 is 0 Å². The molecule has 0 spiro atoms. The smallest absolute Gasteiger partial charge is 0.128 e. The lowest BCUT2D eigenvalue weighted by Crippen LogP contribution is -2.27. The van der Waals surface area contributed by atoms with Gasteiger partial charge in [0, 0.05) is 11.6 Å². The summed E-state index contributed by atoms with van der Waals surface area (Å²) in [6.07, 6.45) is 0. The van der Waals surface area contributed by atoms with Gasteiger partial charge < -0.3 is 5.32 Å². The van der Waals surface area contributed by atoms with E-state index in [1.165, 1.54) is 12.1 Å². The van der Waals surface area contributed by atoms with Gasteiger partial charge in [-0.1, -0.05) is 20.8 Å². The summed E-state index contributed by atoms with van der Waals surface area (Å²) in [5.41, 5.74) is 0.744. The van der Waals surface area contributed by atoms with E-state index in [9.17, 15) is 8.78 Å². The SMILES string of the molecule is Cc1cc(F)c(C(C)NCC(C)C(C)C)cc1F. The standard InChI is InChI=1S/C15H23F2N/c1-9(2)11(4)8-18-12(5)13-7-14(16)10(3)6-15(13)17/h6-7,9,11-12,18H,8H2,1-5H3. The van der Waals surface area contributed by atoms with Crippen molar-refractivity contribution in [2.75, 3.05) is 6.54 Å². The van der Waals surface area contributed by atoms with Crippen molar-refractivity contribution in [3.05, 3.63) is 34.9 Å². The molecule has 18 heavy (non-hydrogen) atoms. The second kappa shape index (κ2) is 6.28. The van der Waals surface area contributed by atoms with Crippen LogP contribution in [0.15, 0.2) is 12.1 Å². The van der Waals surface area contributed by atoms with Crippen molar-refractivity contribution < 1.29 is 8.78 Å². The molecule has 0 aliphatic rings. The lowest BCUT2D eigenvalue weighted by Gasteiger charge is -2.21. The van der Waals surface area contributed by atoms with Crippen LogP contribution in [-0.4, -0.2) is 6.54 Å². The molecular weight excluding hydrogens is 232 g/mol. The van der Waals surface area contributed by atoms with Crippen LogP contribution in [0.4, 0.5) is 8.78 Å². The van der Waals surface area contributed by atoms with Crippen molar-refractivity contribution in [3.8, 4) is 0 Å². The number of nitrogens with one attached hydrogen (secondary N) is 1. The van der Waals surface area contributed by atoms with Gasteiger partial charge in [-0.2, -0.15) is 0 Å². The fraction of sp³-hybridized carbons (Fsp3) is 0.600. The first-order valence-corrected chi connectivity index (χ1v) is 6.51. The van der Waals surface area contributed by atoms with E-state index >= 15 is 0 Å². The molecule has 1 aromatic carbocycles. The number of halogens is 2. The predicted octanol–water partition coefficient (Wildman–Crippen LogP) is 4.22. The van der Waals surface area contributed by atoms with E-state index in [1.54, 1.807) is 6.92 Å². The first-order valence-electron chi connectivity index (χ1n) is 6.51. The third kappa shape index (κ3) is 3.77. The van der Waals surface area contributed by atoms with Crippen LogP contribution in [0.5, 0.6) is 0 Å². The highest BCUT2D eigenvalue weighted by Crippen LogP contribution is 2.21. The number of rotatable bonds is 5. The minimum atomic E-state index is -0.350. The third-order valence-electron chi connectivity index (χ3n) is 3.63. The molecule has 0 heterocycles. The average Bonchev–Trinajstić information content (AvgIpc) is 2.30. The second-order valence-electron chi connectivity index (χ2n) is 5.47. The van der Waals surface area contributed by atoms with Gasteiger partial charge in [0.25, 0.3) is 0 Å². The fourth-order valence-corrected chi connectivity index (χ4v) is 1.70. The molecule has 2 unspecified atom stereocenters. The Morgan fingerprint density at radius 3 is 2.22 bits per heavy atom. The zero-order valence-corrected chi connectivity index (χ0v) is 11.8. The summed E-state index contributed by atoms with van der Waals surface area (Å²) in [6, 6.07) is 2.37. The van der Waals surface area contributed by atoms with Gasteiger partial charge >= 0.3 is 0 Å². The van der Waals surface area contributed by atoms with Crippen molar-refractivity contribution in [3.63, 3.8) is 0 Å². The molecule has 0 bridgehead atoms. The lowest BCUT2D eigenvalue weighted by molar-refractivity contribution is 0.372. The summed E-state index contributed by atoms with van der Waals surface area (Å²) < 4.78 is 27.2. The summed E-state index contributed by atoms with van der Waals surface area (Å²) in [5.74, 6) is 0.387. The molecule has 0 amide bonds. The van der Waals surface area contributed by atoms with Crippen molar-refractivity contribution in [2.45, 2.75) is 40.7 Å². The fourth-order valence-electron chi connectivity index (χ4n) is 1.70. The zero-order chi connectivity index (χ0) is 13.9. The summed E-state index contributed by atoms with van der Waals surface area (Å²) in [7, 11) is 0. The van der Waals surface area contributed by atoms with Crippen LogP contribution < -0.4 is 5.32 Å². The molecule has 3 heteroatoms. The third-order valence-corrected chi connectivity index (χ3v) is 3.63. The first kappa shape index (κ1) is 15.1. The maximum absolute atomic E-state index is 13.8. The van der Waals surface area contributed by atoms with Gasteiger partial charge in [0.2, 0.25) is 0 Å². The van der Waals surface area contributed by atoms with Crippen molar-refractivity contribution in [2.24, 2.45) is 11.8 Å². The van der Waals surface area contributed by atoms with Gasteiger partial charge in [-0.15, -0.1) is 0 Å². The number of hydrogen-bond acceptors (Lipinski definition) is 1. The second-order valence-corrected chi connectivity index (χ2v) is 5.47. The van der Waals surface area contributed by atoms with Crippen molar-refractivity contribution >= 4 is 0 Å². The number of hydrogen-bond donors (Lipinski definition) is 1. The normalized spacial score (nSPS) is 14.9. The monoisotopic (exact) mass is 255 g/mol. The van der Waals surface area contributed by atoms with E-state index in [-0.39, 0.29) is 17.7 Å². The van der Waals surface area contributed by atoms with Gasteiger partial charge in [0.15, 0.2) is 0 Å². The average molecular weight is 255 g/mol. The predicted molar refractivity (Wildman–Crippen MR) is 71.5 cm³/mol. The Morgan fingerprint density at radius 1 is 1.06 bits per heavy atom. The summed E-state index contributed by atoms with van der Waals surface area (Å²) in [5, 5.41) is 3.26. The summed E-state index contributed by atoms with van der Waals surface area (Å²) >= 11 is 0. The first-order chi connectivity index (χ1) is 8.32. The Balaban J connectivity index is 2.72. The Morgan fingerprint density at radius 2 is 1.67 bits per heavy atom. The minimum absolute atomic E-state index is 0.179. The molecule has 0 fully saturated rings. The molecule has 1 rings (SSSR count). The van der Waals surface area contributed by atoms with Crippen LogP contribution >= 0.6 is 0 Å². The molecule has 0 aromatic heterocycles. The quantitative estimate of drug-likeness (QED) is 0.830. The zero-order valence-electron chi connectivity index (χ0n) is 11.8. The molecule has 1 N–H and O–H groups in total. The van der Waals surface area contributed by atoms with Gasteiger partial charge in [0.1, 0.15) is 11.6 Å². The highest BCUT2D eigenvalue weighted by atomic mass is 19.1. The molecule has 102 valence electrons. The lowest BCUT2D eigenvalue weighted by atomic mass is 9.97. The van der Waals surface area contributed by atoms with Crippen LogP contribution in [0.2, 0.25) is 0 Å². The van der Waals surface area contributed by atoms with Crippen LogP contribution in [-0.2, 0) is 0 Å². The Bertz CT molecular complexity index is 402. The summed E-state index contributed by atoms with van der Waals surface area (Å²) in [6.45, 7) is 10.7. The molecule has 0 saturated heterocycles. The highest BCUT2D eigenvalue weighted by molar-refractivity contribution is 5.27. The molecular formula is C15H23F2N. The maximum atomic E-state index is 13.8. The van der Waals surface area contributed by atoms with Gasteiger partial charge in [-0.05, 0) is 49.9 Å². The van der Waals surface area contributed by atoms with Crippen LogP contribution in [0.3, 0.4) is 0 Å². The number of benzene rings is 1. The Labute approximate surface area is 109 Å².